The maximum atomic E-state index is 12.2. The summed E-state index contributed by atoms with van der Waals surface area (Å²) < 4.78 is 0. The van der Waals surface area contributed by atoms with E-state index in [1.54, 1.807) is 18.2 Å². The Morgan fingerprint density at radius 1 is 1.28 bits per heavy atom. The molecule has 0 atom stereocenters. The zero-order chi connectivity index (χ0) is 17.6. The minimum Gasteiger partial charge on any atom is -0.291 e. The van der Waals surface area contributed by atoms with Gasteiger partial charge in [0.05, 0.1) is 11.6 Å². The summed E-state index contributed by atoms with van der Waals surface area (Å²) in [5, 5.41) is 19.5. The lowest BCUT2D eigenvalue weighted by Gasteiger charge is -2.01. The predicted octanol–water partition coefficient (Wildman–Crippen LogP) is 3.87. The SMILES string of the molecule is N#Cc1cccc(C(=O)Nc2nc(SCc3ccc(Cl)cc3)n[nH]2)c1. The number of amides is 1. The van der Waals surface area contributed by atoms with E-state index < -0.39 is 0 Å². The summed E-state index contributed by atoms with van der Waals surface area (Å²) >= 11 is 7.29. The summed E-state index contributed by atoms with van der Waals surface area (Å²) in [6.45, 7) is 0. The van der Waals surface area contributed by atoms with Crippen molar-refractivity contribution in [1.82, 2.24) is 15.2 Å². The first-order valence-electron chi connectivity index (χ1n) is 7.25. The second kappa shape index (κ2) is 7.83. The van der Waals surface area contributed by atoms with Crippen molar-refractivity contribution < 1.29 is 4.79 Å². The van der Waals surface area contributed by atoms with Crippen molar-refractivity contribution in [1.29, 1.82) is 5.26 Å². The minimum atomic E-state index is -0.359. The van der Waals surface area contributed by atoms with Crippen molar-refractivity contribution in [2.45, 2.75) is 10.9 Å². The molecule has 0 saturated heterocycles. The number of hydrogen-bond donors (Lipinski definition) is 2. The van der Waals surface area contributed by atoms with Gasteiger partial charge < -0.3 is 0 Å². The van der Waals surface area contributed by atoms with Gasteiger partial charge in [-0.15, -0.1) is 5.10 Å². The van der Waals surface area contributed by atoms with E-state index in [0.717, 1.165) is 5.56 Å². The molecule has 0 unspecified atom stereocenters. The molecule has 0 saturated carbocycles. The summed E-state index contributed by atoms with van der Waals surface area (Å²) in [7, 11) is 0. The topological polar surface area (TPSA) is 94.5 Å². The molecule has 1 amide bonds. The Hall–Kier alpha value is -2.82. The molecule has 0 fully saturated rings. The van der Waals surface area contributed by atoms with E-state index in [4.69, 9.17) is 16.9 Å². The van der Waals surface area contributed by atoms with Gasteiger partial charge in [-0.1, -0.05) is 41.6 Å². The highest BCUT2D eigenvalue weighted by atomic mass is 35.5. The fourth-order valence-electron chi connectivity index (χ4n) is 2.01. The van der Waals surface area contributed by atoms with E-state index in [2.05, 4.69) is 20.5 Å². The number of aromatic nitrogens is 3. The number of thioether (sulfide) groups is 1. The van der Waals surface area contributed by atoms with Crippen LogP contribution in [0, 0.1) is 11.3 Å². The Labute approximate surface area is 153 Å². The monoisotopic (exact) mass is 369 g/mol. The molecule has 0 bridgehead atoms. The van der Waals surface area contributed by atoms with Gasteiger partial charge in [0, 0.05) is 16.3 Å². The number of nitrogens with one attached hydrogen (secondary N) is 2. The Kier molecular flexibility index (Phi) is 5.33. The number of nitrogens with zero attached hydrogens (tertiary/aromatic N) is 3. The number of H-pyrrole nitrogens is 1. The molecule has 3 rings (SSSR count). The van der Waals surface area contributed by atoms with Crippen LogP contribution in [0.1, 0.15) is 21.5 Å². The molecule has 0 aliphatic rings. The van der Waals surface area contributed by atoms with Crippen molar-refractivity contribution in [2.24, 2.45) is 0 Å². The number of carbonyl (C=O) groups excluding carboxylic acids is 1. The van der Waals surface area contributed by atoms with Crippen molar-refractivity contribution in [3.63, 3.8) is 0 Å². The van der Waals surface area contributed by atoms with Crippen LogP contribution >= 0.6 is 23.4 Å². The first-order chi connectivity index (χ1) is 12.1. The summed E-state index contributed by atoms with van der Waals surface area (Å²) in [5.41, 5.74) is 1.90. The van der Waals surface area contributed by atoms with E-state index >= 15 is 0 Å². The van der Waals surface area contributed by atoms with Crippen LogP contribution in [0.15, 0.2) is 53.7 Å². The zero-order valence-corrected chi connectivity index (χ0v) is 14.4. The third kappa shape index (κ3) is 4.59. The largest absolute Gasteiger partial charge is 0.291 e. The van der Waals surface area contributed by atoms with E-state index in [9.17, 15) is 4.79 Å². The maximum Gasteiger partial charge on any atom is 0.258 e. The molecule has 25 heavy (non-hydrogen) atoms. The highest BCUT2D eigenvalue weighted by molar-refractivity contribution is 7.98. The number of benzene rings is 2. The number of halogens is 1. The lowest BCUT2D eigenvalue weighted by Crippen LogP contribution is -2.13. The lowest BCUT2D eigenvalue weighted by molar-refractivity contribution is 0.102. The van der Waals surface area contributed by atoms with Crippen LogP contribution in [-0.2, 0) is 5.75 Å². The van der Waals surface area contributed by atoms with E-state index in [1.807, 2.05) is 30.3 Å². The molecule has 0 radical (unpaired) electrons. The number of carbonyl (C=O) groups is 1. The Balaban J connectivity index is 1.60. The number of hydrogen-bond acceptors (Lipinski definition) is 5. The highest BCUT2D eigenvalue weighted by Gasteiger charge is 2.10. The fraction of sp³-hybridized carbons (Fsp3) is 0.0588. The van der Waals surface area contributed by atoms with Crippen molar-refractivity contribution in [2.75, 3.05) is 5.32 Å². The van der Waals surface area contributed by atoms with Gasteiger partial charge in [0.25, 0.3) is 5.91 Å². The summed E-state index contributed by atoms with van der Waals surface area (Å²) in [5.74, 6) is 0.584. The smallest absolute Gasteiger partial charge is 0.258 e. The first-order valence-corrected chi connectivity index (χ1v) is 8.61. The molecule has 0 aliphatic heterocycles. The maximum absolute atomic E-state index is 12.2. The summed E-state index contributed by atoms with van der Waals surface area (Å²) in [6.07, 6.45) is 0. The molecule has 2 N–H and O–H groups in total. The molecule has 2 aromatic carbocycles. The van der Waals surface area contributed by atoms with Crippen molar-refractivity contribution in [3.8, 4) is 6.07 Å². The van der Waals surface area contributed by atoms with Crippen LogP contribution in [0.4, 0.5) is 5.95 Å². The summed E-state index contributed by atoms with van der Waals surface area (Å²) in [4.78, 5) is 16.4. The van der Waals surface area contributed by atoms with Crippen molar-refractivity contribution >= 4 is 35.2 Å². The molecule has 8 heteroatoms. The predicted molar refractivity (Wildman–Crippen MR) is 96.5 cm³/mol. The van der Waals surface area contributed by atoms with Crippen LogP contribution in [0.5, 0.6) is 0 Å². The number of nitriles is 1. The lowest BCUT2D eigenvalue weighted by atomic mass is 10.1. The Bertz CT molecular complexity index is 933. The highest BCUT2D eigenvalue weighted by Crippen LogP contribution is 2.21. The van der Waals surface area contributed by atoms with Crippen LogP contribution < -0.4 is 5.32 Å². The van der Waals surface area contributed by atoms with Crippen LogP contribution in [0.25, 0.3) is 0 Å². The van der Waals surface area contributed by atoms with Gasteiger partial charge in [0.2, 0.25) is 11.1 Å². The molecule has 1 aromatic heterocycles. The van der Waals surface area contributed by atoms with Crippen LogP contribution in [0.3, 0.4) is 0 Å². The Morgan fingerprint density at radius 3 is 2.84 bits per heavy atom. The van der Waals surface area contributed by atoms with Crippen molar-refractivity contribution in [3.05, 3.63) is 70.2 Å². The molecular formula is C17H12ClN5OS. The van der Waals surface area contributed by atoms with E-state index in [1.165, 1.54) is 17.8 Å². The number of rotatable bonds is 5. The average molecular weight is 370 g/mol. The van der Waals surface area contributed by atoms with Gasteiger partial charge in [-0.3, -0.25) is 10.1 Å². The standard InChI is InChI=1S/C17H12ClN5OS/c18-14-6-4-11(5-7-14)10-25-17-21-16(22-23-17)20-15(24)13-3-1-2-12(8-13)9-19/h1-8H,10H2,(H2,20,21,22,23,24). The number of aromatic amines is 1. The Morgan fingerprint density at radius 2 is 2.08 bits per heavy atom. The second-order valence-corrected chi connectivity index (χ2v) is 6.41. The van der Waals surface area contributed by atoms with Gasteiger partial charge >= 0.3 is 0 Å². The fourth-order valence-corrected chi connectivity index (χ4v) is 2.89. The first kappa shape index (κ1) is 17.0. The molecule has 6 nitrogen and oxygen atoms in total. The second-order valence-electron chi connectivity index (χ2n) is 5.03. The van der Waals surface area contributed by atoms with Gasteiger partial charge in [-0.2, -0.15) is 10.2 Å². The third-order valence-corrected chi connectivity index (χ3v) is 4.40. The third-order valence-electron chi connectivity index (χ3n) is 3.23. The quantitative estimate of drug-likeness (QED) is 0.665. The van der Waals surface area contributed by atoms with Gasteiger partial charge in [0.1, 0.15) is 0 Å². The van der Waals surface area contributed by atoms with E-state index in [0.29, 0.717) is 27.1 Å². The summed E-state index contributed by atoms with van der Waals surface area (Å²) in [6, 6.07) is 16.0. The number of anilines is 1. The zero-order valence-electron chi connectivity index (χ0n) is 12.9. The molecule has 3 aromatic rings. The van der Waals surface area contributed by atoms with Gasteiger partial charge in [-0.25, -0.2) is 5.10 Å². The van der Waals surface area contributed by atoms with Crippen LogP contribution in [0.2, 0.25) is 5.02 Å². The molecule has 0 spiro atoms. The van der Waals surface area contributed by atoms with Gasteiger partial charge in [0.15, 0.2) is 0 Å². The molecular weight excluding hydrogens is 358 g/mol. The van der Waals surface area contributed by atoms with Crippen LogP contribution in [-0.4, -0.2) is 21.1 Å². The normalized spacial score (nSPS) is 10.2. The average Bonchev–Trinajstić information content (AvgIpc) is 3.08. The molecule has 0 aliphatic carbocycles. The van der Waals surface area contributed by atoms with Gasteiger partial charge in [-0.05, 0) is 35.9 Å². The van der Waals surface area contributed by atoms with E-state index in [-0.39, 0.29) is 11.9 Å². The molecule has 1 heterocycles. The molecule has 124 valence electrons. The minimum absolute atomic E-state index is 0.256.